The molecule has 1 saturated heterocycles. The van der Waals surface area contributed by atoms with E-state index in [0.29, 0.717) is 13.0 Å². The molecule has 0 saturated carbocycles. The van der Waals surface area contributed by atoms with Gasteiger partial charge in [0.25, 0.3) is 0 Å². The molecule has 14 heavy (non-hydrogen) atoms. The van der Waals surface area contributed by atoms with Crippen LogP contribution in [0.15, 0.2) is 0 Å². The molecule has 1 rings (SSSR count). The van der Waals surface area contributed by atoms with Gasteiger partial charge in [0.05, 0.1) is 0 Å². The van der Waals surface area contributed by atoms with Gasteiger partial charge in [0, 0.05) is 24.9 Å². The van der Waals surface area contributed by atoms with Crippen molar-refractivity contribution in [2.45, 2.75) is 38.9 Å². The third kappa shape index (κ3) is 3.62. The van der Waals surface area contributed by atoms with E-state index < -0.39 is 6.17 Å². The van der Waals surface area contributed by atoms with E-state index >= 15 is 0 Å². The molecule has 0 radical (unpaired) electrons. The molecule has 1 amide bonds. The van der Waals surface area contributed by atoms with Crippen LogP contribution in [-0.2, 0) is 4.79 Å². The Kier molecular flexibility index (Phi) is 4.32. The van der Waals surface area contributed by atoms with Crippen LogP contribution in [0.3, 0.4) is 0 Å². The monoisotopic (exact) mass is 202 g/mol. The van der Waals surface area contributed by atoms with Crippen LogP contribution in [0.25, 0.3) is 0 Å². The number of nitrogens with one attached hydrogen (secondary N) is 2. The maximum Gasteiger partial charge on any atom is 0.220 e. The minimum Gasteiger partial charge on any atom is -0.354 e. The normalized spacial score (nSPS) is 27.7. The average Bonchev–Trinajstić information content (AvgIpc) is 2.07. The Morgan fingerprint density at radius 3 is 2.93 bits per heavy atom. The number of alkyl halides is 1. The van der Waals surface area contributed by atoms with Crippen molar-refractivity contribution in [1.82, 2.24) is 10.6 Å². The van der Waals surface area contributed by atoms with Crippen molar-refractivity contribution in [2.24, 2.45) is 5.92 Å². The van der Waals surface area contributed by atoms with Crippen molar-refractivity contribution in [3.63, 3.8) is 0 Å². The van der Waals surface area contributed by atoms with E-state index in [0.717, 1.165) is 13.0 Å². The first-order valence-corrected chi connectivity index (χ1v) is 5.23. The van der Waals surface area contributed by atoms with E-state index in [1.54, 1.807) is 0 Å². The maximum atomic E-state index is 13.3. The van der Waals surface area contributed by atoms with E-state index in [2.05, 4.69) is 10.6 Å². The minimum atomic E-state index is -0.873. The summed E-state index contributed by atoms with van der Waals surface area (Å²) in [5.41, 5.74) is 0. The van der Waals surface area contributed by atoms with Gasteiger partial charge in [-0.25, -0.2) is 4.39 Å². The summed E-state index contributed by atoms with van der Waals surface area (Å²) in [4.78, 5) is 11.4. The summed E-state index contributed by atoms with van der Waals surface area (Å²) in [7, 11) is 0. The van der Waals surface area contributed by atoms with Crippen LogP contribution >= 0.6 is 0 Å². The van der Waals surface area contributed by atoms with Gasteiger partial charge in [0.2, 0.25) is 5.91 Å². The predicted octanol–water partition coefficient (Wildman–Crippen LogP) is 0.849. The Morgan fingerprint density at radius 2 is 2.36 bits per heavy atom. The number of hydrogen-bond donors (Lipinski definition) is 2. The van der Waals surface area contributed by atoms with Gasteiger partial charge in [0.1, 0.15) is 6.17 Å². The maximum absolute atomic E-state index is 13.3. The molecule has 4 heteroatoms. The summed E-state index contributed by atoms with van der Waals surface area (Å²) in [6, 6.07) is 0.141. The first kappa shape index (κ1) is 11.4. The summed E-state index contributed by atoms with van der Waals surface area (Å²) < 4.78 is 13.3. The highest BCUT2D eigenvalue weighted by atomic mass is 19.1. The molecular formula is C10H19FN2O. The van der Waals surface area contributed by atoms with Gasteiger partial charge in [0.15, 0.2) is 0 Å². The van der Waals surface area contributed by atoms with Crippen LogP contribution in [-0.4, -0.2) is 31.2 Å². The molecular weight excluding hydrogens is 183 g/mol. The fourth-order valence-corrected chi connectivity index (χ4v) is 1.72. The molecule has 1 fully saturated rings. The predicted molar refractivity (Wildman–Crippen MR) is 53.8 cm³/mol. The molecule has 0 bridgehead atoms. The van der Waals surface area contributed by atoms with Gasteiger partial charge >= 0.3 is 0 Å². The quantitative estimate of drug-likeness (QED) is 0.712. The van der Waals surface area contributed by atoms with Crippen molar-refractivity contribution in [2.75, 3.05) is 13.1 Å². The van der Waals surface area contributed by atoms with E-state index in [-0.39, 0.29) is 17.9 Å². The lowest BCUT2D eigenvalue weighted by Gasteiger charge is -2.26. The molecule has 2 atom stereocenters. The first-order valence-electron chi connectivity index (χ1n) is 5.23. The molecule has 1 aliphatic rings. The van der Waals surface area contributed by atoms with Gasteiger partial charge in [-0.1, -0.05) is 0 Å². The van der Waals surface area contributed by atoms with Crippen molar-refractivity contribution < 1.29 is 9.18 Å². The number of rotatable bonds is 3. The van der Waals surface area contributed by atoms with Crippen LogP contribution < -0.4 is 10.6 Å². The van der Waals surface area contributed by atoms with Gasteiger partial charge in [-0.2, -0.15) is 0 Å². The first-order chi connectivity index (χ1) is 6.59. The zero-order valence-corrected chi connectivity index (χ0v) is 8.85. The highest BCUT2D eigenvalue weighted by Crippen LogP contribution is 2.19. The number of piperidine rings is 1. The molecule has 0 aromatic rings. The molecule has 1 aliphatic heterocycles. The largest absolute Gasteiger partial charge is 0.354 e. The molecule has 1 heterocycles. The molecule has 82 valence electrons. The van der Waals surface area contributed by atoms with E-state index in [1.165, 1.54) is 0 Å². The number of hydrogen-bond acceptors (Lipinski definition) is 2. The Bertz CT molecular complexity index is 197. The van der Waals surface area contributed by atoms with Gasteiger partial charge in [-0.3, -0.25) is 4.79 Å². The topological polar surface area (TPSA) is 41.1 Å². The lowest BCUT2D eigenvalue weighted by atomic mass is 9.92. The van der Waals surface area contributed by atoms with Gasteiger partial charge in [-0.05, 0) is 26.8 Å². The zero-order valence-electron chi connectivity index (χ0n) is 8.85. The zero-order chi connectivity index (χ0) is 10.6. The third-order valence-corrected chi connectivity index (χ3v) is 2.44. The van der Waals surface area contributed by atoms with Crippen LogP contribution in [0.2, 0.25) is 0 Å². The second-order valence-electron chi connectivity index (χ2n) is 4.20. The second kappa shape index (κ2) is 5.29. The minimum absolute atomic E-state index is 0.0328. The number of amides is 1. The van der Waals surface area contributed by atoms with E-state index in [4.69, 9.17) is 0 Å². The van der Waals surface area contributed by atoms with Crippen LogP contribution in [0.4, 0.5) is 4.39 Å². The fraction of sp³-hybridized carbons (Fsp3) is 0.900. The van der Waals surface area contributed by atoms with Crippen molar-refractivity contribution in [3.05, 3.63) is 0 Å². The summed E-state index contributed by atoms with van der Waals surface area (Å²) in [5.74, 6) is -0.135. The summed E-state index contributed by atoms with van der Waals surface area (Å²) in [6.07, 6.45) is 0.204. The molecule has 2 N–H and O–H groups in total. The number of halogens is 1. The van der Waals surface area contributed by atoms with Crippen LogP contribution in [0.1, 0.15) is 26.7 Å². The van der Waals surface area contributed by atoms with Crippen molar-refractivity contribution >= 4 is 5.91 Å². The lowest BCUT2D eigenvalue weighted by molar-refractivity contribution is -0.123. The number of carbonyl (C=O) groups excluding carboxylic acids is 1. The molecule has 0 spiro atoms. The van der Waals surface area contributed by atoms with E-state index in [9.17, 15) is 9.18 Å². The van der Waals surface area contributed by atoms with Crippen LogP contribution in [0.5, 0.6) is 0 Å². The Hall–Kier alpha value is -0.640. The smallest absolute Gasteiger partial charge is 0.220 e. The molecule has 0 unspecified atom stereocenters. The third-order valence-electron chi connectivity index (χ3n) is 2.44. The Labute approximate surface area is 84.4 Å². The Balaban J connectivity index is 2.31. The van der Waals surface area contributed by atoms with Crippen molar-refractivity contribution in [1.29, 1.82) is 0 Å². The van der Waals surface area contributed by atoms with Gasteiger partial charge < -0.3 is 10.6 Å². The fourth-order valence-electron chi connectivity index (χ4n) is 1.72. The second-order valence-corrected chi connectivity index (χ2v) is 4.20. The van der Waals surface area contributed by atoms with Gasteiger partial charge in [-0.15, -0.1) is 0 Å². The number of carbonyl (C=O) groups is 1. The molecule has 3 nitrogen and oxygen atoms in total. The molecule has 0 aromatic carbocycles. The Morgan fingerprint density at radius 1 is 1.64 bits per heavy atom. The highest BCUT2D eigenvalue weighted by Gasteiger charge is 2.26. The summed E-state index contributed by atoms with van der Waals surface area (Å²) in [6.45, 7) is 5.03. The lowest BCUT2D eigenvalue weighted by Crippen LogP contribution is -2.41. The van der Waals surface area contributed by atoms with Crippen molar-refractivity contribution in [3.8, 4) is 0 Å². The molecule has 0 aliphatic carbocycles. The summed E-state index contributed by atoms with van der Waals surface area (Å²) in [5, 5.41) is 5.76. The average molecular weight is 202 g/mol. The van der Waals surface area contributed by atoms with Crippen LogP contribution in [0, 0.1) is 5.92 Å². The SMILES string of the molecule is CC(C)NC(=O)C[C@H]1CCNC[C@H]1F. The summed E-state index contributed by atoms with van der Waals surface area (Å²) >= 11 is 0. The van der Waals surface area contributed by atoms with E-state index in [1.807, 2.05) is 13.8 Å². The molecule has 0 aromatic heterocycles. The standard InChI is InChI=1S/C10H19FN2O/c1-7(2)13-10(14)5-8-3-4-12-6-9(8)11/h7-9,12H,3-6H2,1-2H3,(H,13,14)/t8-,9-/m1/s1. The highest BCUT2D eigenvalue weighted by molar-refractivity contribution is 5.76.